The van der Waals surface area contributed by atoms with Crippen LogP contribution < -0.4 is 5.73 Å². The van der Waals surface area contributed by atoms with Crippen LogP contribution in [0.2, 0.25) is 0 Å². The topological polar surface area (TPSA) is 26.0 Å². The molecule has 0 amide bonds. The molecule has 0 radical (unpaired) electrons. The van der Waals surface area contributed by atoms with Crippen molar-refractivity contribution in [1.29, 1.82) is 0 Å². The van der Waals surface area contributed by atoms with Gasteiger partial charge in [0.15, 0.2) is 0 Å². The Morgan fingerprint density at radius 1 is 0.710 bits per heavy atom. The van der Waals surface area contributed by atoms with Gasteiger partial charge in [-0.05, 0) is 90.0 Å². The number of anilines is 1. The van der Waals surface area contributed by atoms with Crippen LogP contribution >= 0.6 is 0 Å². The molecule has 31 heavy (non-hydrogen) atoms. The number of nitrogen functional groups attached to an aromatic ring is 1. The molecule has 0 saturated heterocycles. The van der Waals surface area contributed by atoms with Gasteiger partial charge in [-0.3, -0.25) is 0 Å². The number of allylic oxidation sites excluding steroid dienone is 2. The van der Waals surface area contributed by atoms with E-state index >= 15 is 0 Å². The number of hydrogen-bond acceptors (Lipinski definition) is 1. The lowest BCUT2D eigenvalue weighted by Gasteiger charge is -2.19. The summed E-state index contributed by atoms with van der Waals surface area (Å²) in [7, 11) is 0. The molecule has 0 spiro atoms. The quantitative estimate of drug-likeness (QED) is 0.292. The summed E-state index contributed by atoms with van der Waals surface area (Å²) in [6.45, 7) is 11.4. The highest BCUT2D eigenvalue weighted by Gasteiger charge is 2.15. The first-order valence-electron chi connectivity index (χ1n) is 11.6. The molecule has 0 fully saturated rings. The molecule has 0 aliphatic rings. The van der Waals surface area contributed by atoms with Gasteiger partial charge >= 0.3 is 0 Å². The third kappa shape index (κ3) is 5.28. The van der Waals surface area contributed by atoms with Gasteiger partial charge in [-0.2, -0.15) is 0 Å². The first-order chi connectivity index (χ1) is 14.9. The van der Waals surface area contributed by atoms with E-state index in [0.717, 1.165) is 24.9 Å². The van der Waals surface area contributed by atoms with Gasteiger partial charge in [-0.1, -0.05) is 87.5 Å². The predicted molar refractivity (Wildman–Crippen MR) is 137 cm³/mol. The maximum atomic E-state index is 6.22. The molecule has 1 nitrogen and oxygen atoms in total. The van der Waals surface area contributed by atoms with Crippen molar-refractivity contribution in [3.8, 4) is 0 Å². The van der Waals surface area contributed by atoms with Gasteiger partial charge in [0, 0.05) is 5.69 Å². The number of benzene rings is 3. The zero-order valence-electron chi connectivity index (χ0n) is 19.8. The molecule has 1 heteroatoms. The summed E-state index contributed by atoms with van der Waals surface area (Å²) in [5, 5.41) is 0. The minimum absolute atomic E-state index is 0.436. The number of para-hydroxylation sites is 1. The average Bonchev–Trinajstić information content (AvgIpc) is 2.81. The van der Waals surface area contributed by atoms with Crippen LogP contribution in [0.1, 0.15) is 87.1 Å². The number of aryl methyl sites for hydroxylation is 1. The minimum atomic E-state index is 0.436. The van der Waals surface area contributed by atoms with Crippen molar-refractivity contribution < 1.29 is 0 Å². The van der Waals surface area contributed by atoms with Crippen LogP contribution in [0.25, 0.3) is 11.1 Å². The lowest BCUT2D eigenvalue weighted by atomic mass is 9.85. The SMILES string of the molecule is CCC(C)c1ccccc1/C(C)=C(\C)c1ccccc1CCC(C)c1ccccc1N. The van der Waals surface area contributed by atoms with Crippen LogP contribution in [0.3, 0.4) is 0 Å². The Labute approximate surface area is 189 Å². The van der Waals surface area contributed by atoms with Crippen molar-refractivity contribution >= 4 is 16.8 Å². The molecule has 2 unspecified atom stereocenters. The molecule has 162 valence electrons. The summed E-state index contributed by atoms with van der Waals surface area (Å²) >= 11 is 0. The van der Waals surface area contributed by atoms with E-state index < -0.39 is 0 Å². The van der Waals surface area contributed by atoms with E-state index in [1.54, 1.807) is 0 Å². The second kappa shape index (κ2) is 10.5. The lowest BCUT2D eigenvalue weighted by Crippen LogP contribution is -2.03. The van der Waals surface area contributed by atoms with Gasteiger partial charge in [0.05, 0.1) is 0 Å². The standard InChI is InChI=1S/C30H37N/c1-6-21(2)26-14-9-10-17-29(26)24(5)23(4)28-16-8-7-13-25(28)20-19-22(3)27-15-11-12-18-30(27)31/h7-18,21-22H,6,19-20,31H2,1-5H3/b24-23+. The zero-order chi connectivity index (χ0) is 22.4. The largest absolute Gasteiger partial charge is 0.398 e. The Kier molecular flexibility index (Phi) is 7.74. The summed E-state index contributed by atoms with van der Waals surface area (Å²) in [6.07, 6.45) is 3.28. The Balaban J connectivity index is 1.90. The van der Waals surface area contributed by atoms with E-state index in [-0.39, 0.29) is 0 Å². The third-order valence-corrected chi connectivity index (χ3v) is 6.87. The Morgan fingerprint density at radius 3 is 1.94 bits per heavy atom. The van der Waals surface area contributed by atoms with Crippen LogP contribution in [0.4, 0.5) is 5.69 Å². The van der Waals surface area contributed by atoms with Crippen LogP contribution in [0.15, 0.2) is 72.8 Å². The fourth-order valence-electron chi connectivity index (χ4n) is 4.48. The molecule has 3 rings (SSSR count). The first-order valence-corrected chi connectivity index (χ1v) is 11.6. The van der Waals surface area contributed by atoms with E-state index in [4.69, 9.17) is 5.73 Å². The molecule has 0 heterocycles. The van der Waals surface area contributed by atoms with E-state index in [0.29, 0.717) is 11.8 Å². The summed E-state index contributed by atoms with van der Waals surface area (Å²) in [6, 6.07) is 26.0. The fourth-order valence-corrected chi connectivity index (χ4v) is 4.48. The third-order valence-electron chi connectivity index (χ3n) is 6.87. The van der Waals surface area contributed by atoms with Crippen molar-refractivity contribution in [2.24, 2.45) is 0 Å². The van der Waals surface area contributed by atoms with Gasteiger partial charge < -0.3 is 5.73 Å². The summed E-state index contributed by atoms with van der Waals surface area (Å²) < 4.78 is 0. The zero-order valence-corrected chi connectivity index (χ0v) is 19.8. The second-order valence-corrected chi connectivity index (χ2v) is 8.87. The normalized spacial score (nSPS) is 14.1. The number of hydrogen-bond donors (Lipinski definition) is 1. The van der Waals surface area contributed by atoms with Crippen molar-refractivity contribution in [2.75, 3.05) is 5.73 Å². The van der Waals surface area contributed by atoms with Crippen molar-refractivity contribution in [2.45, 2.75) is 65.7 Å². The monoisotopic (exact) mass is 411 g/mol. The van der Waals surface area contributed by atoms with Crippen LogP contribution in [-0.4, -0.2) is 0 Å². The number of nitrogens with two attached hydrogens (primary N) is 1. The Hall–Kier alpha value is -2.80. The first kappa shape index (κ1) is 22.9. The molecule has 2 N–H and O–H groups in total. The average molecular weight is 412 g/mol. The summed E-state index contributed by atoms with van der Waals surface area (Å²) in [5.74, 6) is 0.997. The van der Waals surface area contributed by atoms with E-state index in [2.05, 4.69) is 95.3 Å². The van der Waals surface area contributed by atoms with Crippen LogP contribution in [0, 0.1) is 0 Å². The predicted octanol–water partition coefficient (Wildman–Crippen LogP) is 8.47. The van der Waals surface area contributed by atoms with Gasteiger partial charge in [-0.15, -0.1) is 0 Å². The molecule has 0 aliphatic heterocycles. The highest BCUT2D eigenvalue weighted by atomic mass is 14.6. The van der Waals surface area contributed by atoms with E-state index in [1.807, 2.05) is 12.1 Å². The molecule has 0 aliphatic carbocycles. The van der Waals surface area contributed by atoms with Crippen molar-refractivity contribution in [3.05, 3.63) is 101 Å². The van der Waals surface area contributed by atoms with Crippen LogP contribution in [0.5, 0.6) is 0 Å². The van der Waals surface area contributed by atoms with Crippen molar-refractivity contribution in [1.82, 2.24) is 0 Å². The van der Waals surface area contributed by atoms with Gasteiger partial charge in [0.1, 0.15) is 0 Å². The summed E-state index contributed by atoms with van der Waals surface area (Å²) in [4.78, 5) is 0. The molecule has 3 aromatic carbocycles. The maximum Gasteiger partial charge on any atom is 0.0349 e. The smallest absolute Gasteiger partial charge is 0.0349 e. The minimum Gasteiger partial charge on any atom is -0.398 e. The molecule has 0 bridgehead atoms. The maximum absolute atomic E-state index is 6.22. The second-order valence-electron chi connectivity index (χ2n) is 8.87. The van der Waals surface area contributed by atoms with E-state index in [9.17, 15) is 0 Å². The number of rotatable bonds is 8. The van der Waals surface area contributed by atoms with Gasteiger partial charge in [0.25, 0.3) is 0 Å². The van der Waals surface area contributed by atoms with Gasteiger partial charge in [0.2, 0.25) is 0 Å². The Bertz CT molecular complexity index is 1040. The Morgan fingerprint density at radius 2 is 1.26 bits per heavy atom. The molecular formula is C30H37N. The lowest BCUT2D eigenvalue weighted by molar-refractivity contribution is 0.681. The highest BCUT2D eigenvalue weighted by molar-refractivity contribution is 5.90. The van der Waals surface area contributed by atoms with Gasteiger partial charge in [-0.25, -0.2) is 0 Å². The van der Waals surface area contributed by atoms with Crippen LogP contribution in [-0.2, 0) is 6.42 Å². The fraction of sp³-hybridized carbons (Fsp3) is 0.333. The molecular weight excluding hydrogens is 374 g/mol. The van der Waals surface area contributed by atoms with Crippen molar-refractivity contribution in [3.63, 3.8) is 0 Å². The summed E-state index contributed by atoms with van der Waals surface area (Å²) in [5.41, 5.74) is 16.7. The molecule has 0 aromatic heterocycles. The molecule has 2 atom stereocenters. The van der Waals surface area contributed by atoms with E-state index in [1.165, 1.54) is 39.0 Å². The highest BCUT2D eigenvalue weighted by Crippen LogP contribution is 2.34. The molecule has 0 saturated carbocycles. The molecule has 3 aromatic rings.